The molecule has 0 unspecified atom stereocenters. The molecular formula is C17H20N2O2. The van der Waals surface area contributed by atoms with Gasteiger partial charge >= 0.3 is 0 Å². The molecule has 1 amide bonds. The quantitative estimate of drug-likeness (QED) is 0.690. The van der Waals surface area contributed by atoms with Gasteiger partial charge in [0.05, 0.1) is 11.3 Å². The molecule has 0 aliphatic rings. The summed E-state index contributed by atoms with van der Waals surface area (Å²) in [4.78, 5) is 12.1. The molecule has 110 valence electrons. The largest absolute Gasteiger partial charge is 0.466 e. The number of rotatable bonds is 3. The Hall–Kier alpha value is -2.36. The van der Waals surface area contributed by atoms with Crippen molar-refractivity contribution in [2.24, 2.45) is 5.10 Å². The first-order valence-electron chi connectivity index (χ1n) is 6.87. The Balaban J connectivity index is 2.14. The van der Waals surface area contributed by atoms with Gasteiger partial charge in [-0.3, -0.25) is 4.79 Å². The molecule has 4 nitrogen and oxygen atoms in total. The lowest BCUT2D eigenvalue weighted by Gasteiger charge is -2.05. The number of nitrogens with one attached hydrogen (secondary N) is 1. The van der Waals surface area contributed by atoms with E-state index in [4.69, 9.17) is 4.42 Å². The summed E-state index contributed by atoms with van der Waals surface area (Å²) in [6.45, 7) is 9.58. The van der Waals surface area contributed by atoms with Gasteiger partial charge in [0.2, 0.25) is 0 Å². The lowest BCUT2D eigenvalue weighted by molar-refractivity contribution is 0.0953. The van der Waals surface area contributed by atoms with Crippen molar-refractivity contribution < 1.29 is 9.21 Å². The fraction of sp³-hybridized carbons (Fsp3) is 0.294. The van der Waals surface area contributed by atoms with Crippen LogP contribution in [0.4, 0.5) is 0 Å². The van der Waals surface area contributed by atoms with Crippen LogP contribution in [0.2, 0.25) is 0 Å². The van der Waals surface area contributed by atoms with E-state index in [0.717, 1.165) is 11.3 Å². The Bertz CT molecular complexity index is 712. The number of benzene rings is 1. The fourth-order valence-electron chi connectivity index (χ4n) is 2.08. The zero-order valence-electron chi connectivity index (χ0n) is 13.1. The molecule has 0 fully saturated rings. The molecule has 0 aliphatic heterocycles. The van der Waals surface area contributed by atoms with Crippen molar-refractivity contribution >= 4 is 11.6 Å². The van der Waals surface area contributed by atoms with Gasteiger partial charge in [0, 0.05) is 0 Å². The Kier molecular flexibility index (Phi) is 4.26. The highest BCUT2D eigenvalue weighted by Crippen LogP contribution is 2.14. The van der Waals surface area contributed by atoms with Gasteiger partial charge < -0.3 is 4.42 Å². The zero-order valence-corrected chi connectivity index (χ0v) is 13.1. The molecule has 1 aromatic carbocycles. The number of hydrogen-bond donors (Lipinski definition) is 1. The molecule has 0 saturated heterocycles. The third kappa shape index (κ3) is 3.40. The summed E-state index contributed by atoms with van der Waals surface area (Å²) in [7, 11) is 0. The Morgan fingerprint density at radius 1 is 1.10 bits per heavy atom. The van der Waals surface area contributed by atoms with Crippen molar-refractivity contribution in [2.45, 2.75) is 34.6 Å². The molecule has 0 aliphatic carbocycles. The topological polar surface area (TPSA) is 54.6 Å². The zero-order chi connectivity index (χ0) is 15.6. The first-order valence-corrected chi connectivity index (χ1v) is 6.87. The number of carbonyl (C=O) groups is 1. The molecule has 0 radical (unpaired) electrons. The van der Waals surface area contributed by atoms with E-state index in [1.165, 1.54) is 11.1 Å². The molecule has 1 N–H and O–H groups in total. The first-order chi connectivity index (χ1) is 9.88. The van der Waals surface area contributed by atoms with Gasteiger partial charge in [0.15, 0.2) is 0 Å². The highest BCUT2D eigenvalue weighted by atomic mass is 16.3. The minimum Gasteiger partial charge on any atom is -0.466 e. The predicted octanol–water partition coefficient (Wildman–Crippen LogP) is 3.67. The van der Waals surface area contributed by atoms with E-state index >= 15 is 0 Å². The highest BCUT2D eigenvalue weighted by Gasteiger charge is 2.12. The average Bonchev–Trinajstić information content (AvgIpc) is 2.77. The van der Waals surface area contributed by atoms with Gasteiger partial charge in [0.25, 0.3) is 5.91 Å². The summed E-state index contributed by atoms with van der Waals surface area (Å²) in [6, 6.07) is 7.83. The molecule has 2 aromatic rings. The molecule has 1 heterocycles. The van der Waals surface area contributed by atoms with E-state index in [2.05, 4.69) is 36.5 Å². The second-order valence-corrected chi connectivity index (χ2v) is 5.26. The average molecular weight is 284 g/mol. The van der Waals surface area contributed by atoms with Crippen molar-refractivity contribution in [3.05, 3.63) is 58.0 Å². The Morgan fingerprint density at radius 3 is 2.38 bits per heavy atom. The molecule has 0 atom stereocenters. The highest BCUT2D eigenvalue weighted by molar-refractivity contribution is 6.01. The minimum atomic E-state index is -0.257. The second-order valence-electron chi connectivity index (χ2n) is 5.26. The van der Waals surface area contributed by atoms with Crippen LogP contribution in [0.1, 0.15) is 45.5 Å². The maximum absolute atomic E-state index is 12.1. The van der Waals surface area contributed by atoms with Crippen LogP contribution in [0.3, 0.4) is 0 Å². The van der Waals surface area contributed by atoms with Gasteiger partial charge in [0.1, 0.15) is 11.5 Å². The van der Waals surface area contributed by atoms with Crippen molar-refractivity contribution in [1.82, 2.24) is 5.43 Å². The molecular weight excluding hydrogens is 264 g/mol. The van der Waals surface area contributed by atoms with Crippen LogP contribution in [-0.2, 0) is 0 Å². The number of nitrogens with zero attached hydrogens (tertiary/aromatic N) is 1. The van der Waals surface area contributed by atoms with Gasteiger partial charge in [-0.1, -0.05) is 12.1 Å². The van der Waals surface area contributed by atoms with Crippen molar-refractivity contribution in [2.75, 3.05) is 0 Å². The maximum atomic E-state index is 12.1. The van der Waals surface area contributed by atoms with Crippen LogP contribution in [0.5, 0.6) is 0 Å². The lowest BCUT2D eigenvalue weighted by Crippen LogP contribution is -2.19. The third-order valence-electron chi connectivity index (χ3n) is 3.54. The predicted molar refractivity (Wildman–Crippen MR) is 83.8 cm³/mol. The number of furan rings is 1. The number of aryl methyl sites for hydroxylation is 4. The van der Waals surface area contributed by atoms with Gasteiger partial charge in [-0.15, -0.1) is 0 Å². The summed E-state index contributed by atoms with van der Waals surface area (Å²) in [5.74, 6) is 1.06. The summed E-state index contributed by atoms with van der Waals surface area (Å²) in [6.07, 6.45) is 0. The number of hydrogen-bond acceptors (Lipinski definition) is 3. The normalized spacial score (nSPS) is 11.6. The number of hydrazone groups is 1. The van der Waals surface area contributed by atoms with E-state index in [9.17, 15) is 4.79 Å². The molecule has 4 heteroatoms. The SMILES string of the molecule is C/C(=N/NC(=O)c1cc(C)oc1C)c1ccc(C)c(C)c1. The molecule has 0 bridgehead atoms. The van der Waals surface area contributed by atoms with Crippen LogP contribution >= 0.6 is 0 Å². The van der Waals surface area contributed by atoms with E-state index < -0.39 is 0 Å². The number of carbonyl (C=O) groups excluding carboxylic acids is 1. The third-order valence-corrected chi connectivity index (χ3v) is 3.54. The summed E-state index contributed by atoms with van der Waals surface area (Å²) in [5.41, 5.74) is 7.30. The molecule has 0 saturated carbocycles. The lowest BCUT2D eigenvalue weighted by atomic mass is 10.0. The fourth-order valence-corrected chi connectivity index (χ4v) is 2.08. The maximum Gasteiger partial charge on any atom is 0.274 e. The standard InChI is InChI=1S/C17H20N2O2/c1-10-6-7-15(8-11(10)2)13(4)18-19-17(20)16-9-12(3)21-14(16)5/h6-9H,1-5H3,(H,19,20)/b18-13-. The van der Waals surface area contributed by atoms with E-state index in [-0.39, 0.29) is 5.91 Å². The van der Waals surface area contributed by atoms with Crippen LogP contribution in [-0.4, -0.2) is 11.6 Å². The summed E-state index contributed by atoms with van der Waals surface area (Å²) >= 11 is 0. The molecule has 2 rings (SSSR count). The smallest absolute Gasteiger partial charge is 0.274 e. The van der Waals surface area contributed by atoms with E-state index in [0.29, 0.717) is 17.1 Å². The molecule has 1 aromatic heterocycles. The van der Waals surface area contributed by atoms with Crippen LogP contribution in [0.25, 0.3) is 0 Å². The Labute approximate surface area is 124 Å². The van der Waals surface area contributed by atoms with E-state index in [1.807, 2.05) is 19.9 Å². The molecule has 0 spiro atoms. The summed E-state index contributed by atoms with van der Waals surface area (Å²) in [5, 5.41) is 4.17. The van der Waals surface area contributed by atoms with Gasteiger partial charge in [-0.05, 0) is 63.4 Å². The summed E-state index contributed by atoms with van der Waals surface area (Å²) < 4.78 is 5.35. The van der Waals surface area contributed by atoms with Crippen LogP contribution < -0.4 is 5.43 Å². The number of amides is 1. The first kappa shape index (κ1) is 15.0. The van der Waals surface area contributed by atoms with Crippen LogP contribution in [0.15, 0.2) is 33.8 Å². The minimum absolute atomic E-state index is 0.257. The van der Waals surface area contributed by atoms with E-state index in [1.54, 1.807) is 13.0 Å². The van der Waals surface area contributed by atoms with Crippen molar-refractivity contribution in [3.63, 3.8) is 0 Å². The monoisotopic (exact) mass is 284 g/mol. The van der Waals surface area contributed by atoms with Crippen molar-refractivity contribution in [3.8, 4) is 0 Å². The van der Waals surface area contributed by atoms with Crippen LogP contribution in [0, 0.1) is 27.7 Å². The molecule has 21 heavy (non-hydrogen) atoms. The van der Waals surface area contributed by atoms with Gasteiger partial charge in [-0.25, -0.2) is 5.43 Å². The Morgan fingerprint density at radius 2 is 1.81 bits per heavy atom. The second kappa shape index (κ2) is 5.95. The van der Waals surface area contributed by atoms with Gasteiger partial charge in [-0.2, -0.15) is 5.10 Å². The van der Waals surface area contributed by atoms with Crippen molar-refractivity contribution in [1.29, 1.82) is 0 Å².